The van der Waals surface area contributed by atoms with Crippen LogP contribution >= 0.6 is 0 Å². The molecule has 76 valence electrons. The van der Waals surface area contributed by atoms with E-state index >= 15 is 0 Å². The Bertz CT molecular complexity index is 518. The van der Waals surface area contributed by atoms with Crippen molar-refractivity contribution in [2.45, 2.75) is 6.61 Å². The molecule has 0 fully saturated rings. The first-order valence-corrected chi connectivity index (χ1v) is 4.57. The number of aromatic hydroxyl groups is 1. The number of benzene rings is 2. The number of carbonyl (C=O) groups is 1. The lowest BCUT2D eigenvalue weighted by Crippen LogP contribution is -1.92. The Morgan fingerprint density at radius 2 is 2.00 bits per heavy atom. The van der Waals surface area contributed by atoms with E-state index in [0.717, 1.165) is 5.39 Å². The second-order valence-corrected chi connectivity index (χ2v) is 3.30. The first-order valence-electron chi connectivity index (χ1n) is 4.57. The first-order chi connectivity index (χ1) is 7.27. The maximum Gasteiger partial charge on any atom is 0.154 e. The minimum atomic E-state index is -0.280. The van der Waals surface area contributed by atoms with Crippen molar-refractivity contribution in [2.75, 3.05) is 0 Å². The highest BCUT2D eigenvalue weighted by atomic mass is 16.3. The average molecular weight is 202 g/mol. The minimum Gasteiger partial charge on any atom is -0.507 e. The molecule has 0 unspecified atom stereocenters. The summed E-state index contributed by atoms with van der Waals surface area (Å²) < 4.78 is 0. The van der Waals surface area contributed by atoms with E-state index in [1.54, 1.807) is 18.2 Å². The molecular weight excluding hydrogens is 192 g/mol. The molecule has 2 N–H and O–H groups in total. The summed E-state index contributed by atoms with van der Waals surface area (Å²) in [6, 6.07) is 8.92. The molecule has 0 saturated heterocycles. The number of carbonyl (C=O) groups excluding carboxylic acids is 1. The van der Waals surface area contributed by atoms with Crippen molar-refractivity contribution in [1.82, 2.24) is 0 Å². The molecule has 0 radical (unpaired) electrons. The van der Waals surface area contributed by atoms with Gasteiger partial charge in [-0.1, -0.05) is 24.3 Å². The van der Waals surface area contributed by atoms with Gasteiger partial charge in [0.05, 0.1) is 12.2 Å². The van der Waals surface area contributed by atoms with E-state index in [9.17, 15) is 9.90 Å². The van der Waals surface area contributed by atoms with E-state index in [4.69, 9.17) is 5.11 Å². The molecule has 2 rings (SSSR count). The van der Waals surface area contributed by atoms with Gasteiger partial charge in [-0.25, -0.2) is 0 Å². The minimum absolute atomic E-state index is 0.133. The molecule has 3 heteroatoms. The Hall–Kier alpha value is -1.87. The average Bonchev–Trinajstić information content (AvgIpc) is 2.28. The fourth-order valence-corrected chi connectivity index (χ4v) is 1.66. The highest BCUT2D eigenvalue weighted by molar-refractivity contribution is 6.01. The van der Waals surface area contributed by atoms with Crippen molar-refractivity contribution >= 4 is 17.1 Å². The second-order valence-electron chi connectivity index (χ2n) is 3.30. The van der Waals surface area contributed by atoms with Crippen molar-refractivity contribution in [3.63, 3.8) is 0 Å². The van der Waals surface area contributed by atoms with Gasteiger partial charge in [-0.2, -0.15) is 0 Å². The smallest absolute Gasteiger partial charge is 0.154 e. The van der Waals surface area contributed by atoms with Gasteiger partial charge in [0.1, 0.15) is 5.75 Å². The molecule has 2 aromatic carbocycles. The highest BCUT2D eigenvalue weighted by Gasteiger charge is 2.10. The van der Waals surface area contributed by atoms with Crippen molar-refractivity contribution in [3.8, 4) is 5.75 Å². The molecule has 0 spiro atoms. The second kappa shape index (κ2) is 3.71. The van der Waals surface area contributed by atoms with Crippen LogP contribution in [0.25, 0.3) is 10.8 Å². The number of rotatable bonds is 2. The normalized spacial score (nSPS) is 10.5. The van der Waals surface area contributed by atoms with E-state index in [1.165, 1.54) is 0 Å². The van der Waals surface area contributed by atoms with E-state index in [1.807, 2.05) is 12.1 Å². The zero-order valence-electron chi connectivity index (χ0n) is 7.97. The molecule has 0 saturated carbocycles. The number of phenols is 1. The quantitative estimate of drug-likeness (QED) is 0.730. The lowest BCUT2D eigenvalue weighted by Gasteiger charge is -2.07. The Morgan fingerprint density at radius 1 is 1.27 bits per heavy atom. The van der Waals surface area contributed by atoms with Crippen LogP contribution in [0.4, 0.5) is 0 Å². The molecule has 0 amide bonds. The van der Waals surface area contributed by atoms with E-state index in [0.29, 0.717) is 17.2 Å². The van der Waals surface area contributed by atoms with Gasteiger partial charge in [-0.05, 0) is 16.8 Å². The van der Waals surface area contributed by atoms with Crippen molar-refractivity contribution in [1.29, 1.82) is 0 Å². The number of hydrogen-bond donors (Lipinski definition) is 2. The SMILES string of the molecule is O=Cc1c(O)c(CO)cc2ccccc12. The molecule has 3 nitrogen and oxygen atoms in total. The molecule has 0 aliphatic rings. The summed E-state index contributed by atoms with van der Waals surface area (Å²) in [5.74, 6) is -0.133. The van der Waals surface area contributed by atoms with Crippen LogP contribution in [0, 0.1) is 0 Å². The number of aliphatic hydroxyl groups excluding tert-OH is 1. The molecule has 0 heterocycles. The van der Waals surface area contributed by atoms with Crippen LogP contribution in [0.1, 0.15) is 15.9 Å². The standard InChI is InChI=1S/C12H10O3/c13-6-9-5-8-3-1-2-4-10(8)11(7-14)12(9)15/h1-5,7,13,15H,6H2. The Balaban J connectivity index is 2.89. The summed E-state index contributed by atoms with van der Waals surface area (Å²) in [5.41, 5.74) is 0.605. The largest absolute Gasteiger partial charge is 0.507 e. The lowest BCUT2D eigenvalue weighted by molar-refractivity contribution is 0.112. The van der Waals surface area contributed by atoms with Crippen LogP contribution in [0.3, 0.4) is 0 Å². The van der Waals surface area contributed by atoms with Gasteiger partial charge in [-0.15, -0.1) is 0 Å². The predicted octanol–water partition coefficient (Wildman–Crippen LogP) is 1.85. The van der Waals surface area contributed by atoms with Gasteiger partial charge in [0.25, 0.3) is 0 Å². The van der Waals surface area contributed by atoms with Gasteiger partial charge >= 0.3 is 0 Å². The third kappa shape index (κ3) is 1.47. The summed E-state index contributed by atoms with van der Waals surface area (Å²) in [6.45, 7) is -0.280. The molecule has 0 atom stereocenters. The topological polar surface area (TPSA) is 57.5 Å². The molecular formula is C12H10O3. The van der Waals surface area contributed by atoms with Gasteiger partial charge in [-0.3, -0.25) is 4.79 Å². The van der Waals surface area contributed by atoms with Crippen LogP contribution in [0.5, 0.6) is 5.75 Å². The summed E-state index contributed by atoms with van der Waals surface area (Å²) >= 11 is 0. The third-order valence-corrected chi connectivity index (χ3v) is 2.43. The van der Waals surface area contributed by atoms with Gasteiger partial charge in [0, 0.05) is 5.56 Å². The van der Waals surface area contributed by atoms with Crippen LogP contribution < -0.4 is 0 Å². The summed E-state index contributed by atoms with van der Waals surface area (Å²) in [7, 11) is 0. The van der Waals surface area contributed by atoms with E-state index < -0.39 is 0 Å². The predicted molar refractivity (Wildman–Crippen MR) is 56.9 cm³/mol. The summed E-state index contributed by atoms with van der Waals surface area (Å²) in [6.07, 6.45) is 0.608. The maximum absolute atomic E-state index is 10.9. The first kappa shape index (κ1) is 9.68. The van der Waals surface area contributed by atoms with Gasteiger partial charge in [0.15, 0.2) is 6.29 Å². The monoisotopic (exact) mass is 202 g/mol. The Kier molecular flexibility index (Phi) is 2.39. The molecule has 0 aliphatic heterocycles. The van der Waals surface area contributed by atoms with Gasteiger partial charge in [0.2, 0.25) is 0 Å². The zero-order chi connectivity index (χ0) is 10.8. The third-order valence-electron chi connectivity index (χ3n) is 2.43. The van der Waals surface area contributed by atoms with E-state index in [-0.39, 0.29) is 17.9 Å². The van der Waals surface area contributed by atoms with Crippen molar-refractivity contribution < 1.29 is 15.0 Å². The zero-order valence-corrected chi connectivity index (χ0v) is 7.97. The van der Waals surface area contributed by atoms with Crippen LogP contribution in [0.15, 0.2) is 30.3 Å². The molecule has 0 aliphatic carbocycles. The van der Waals surface area contributed by atoms with Crippen LogP contribution in [-0.4, -0.2) is 16.5 Å². The molecule has 0 aromatic heterocycles. The molecule has 0 bridgehead atoms. The summed E-state index contributed by atoms with van der Waals surface area (Å²) in [5, 5.41) is 20.2. The van der Waals surface area contributed by atoms with Crippen molar-refractivity contribution in [3.05, 3.63) is 41.5 Å². The van der Waals surface area contributed by atoms with E-state index in [2.05, 4.69) is 0 Å². The number of hydrogen-bond acceptors (Lipinski definition) is 3. The van der Waals surface area contributed by atoms with Crippen LogP contribution in [0.2, 0.25) is 0 Å². The fourth-order valence-electron chi connectivity index (χ4n) is 1.66. The lowest BCUT2D eigenvalue weighted by atomic mass is 10.0. The van der Waals surface area contributed by atoms with Crippen LogP contribution in [-0.2, 0) is 6.61 Å². The number of fused-ring (bicyclic) bond motifs is 1. The molecule has 15 heavy (non-hydrogen) atoms. The van der Waals surface area contributed by atoms with Gasteiger partial charge < -0.3 is 10.2 Å². The highest BCUT2D eigenvalue weighted by Crippen LogP contribution is 2.29. The van der Waals surface area contributed by atoms with Crippen molar-refractivity contribution in [2.24, 2.45) is 0 Å². The Morgan fingerprint density at radius 3 is 2.67 bits per heavy atom. The number of aliphatic hydroxyl groups is 1. The summed E-state index contributed by atoms with van der Waals surface area (Å²) in [4.78, 5) is 10.9. The number of aldehydes is 1. The fraction of sp³-hybridized carbons (Fsp3) is 0.0833. The maximum atomic E-state index is 10.9. The Labute approximate surface area is 86.6 Å². The molecule has 2 aromatic rings.